The normalized spacial score (nSPS) is 11.6. The van der Waals surface area contributed by atoms with Gasteiger partial charge in [-0.05, 0) is 25.0 Å². The van der Waals surface area contributed by atoms with Crippen molar-refractivity contribution in [1.82, 2.24) is 10.2 Å². The van der Waals surface area contributed by atoms with E-state index < -0.39 is 11.0 Å². The van der Waals surface area contributed by atoms with E-state index in [4.69, 9.17) is 11.6 Å². The van der Waals surface area contributed by atoms with E-state index in [0.717, 1.165) is 12.8 Å². The Morgan fingerprint density at radius 1 is 1.13 bits per heavy atom. The maximum atomic E-state index is 13.2. The molecule has 1 N–H and O–H groups in total. The Morgan fingerprint density at radius 2 is 1.77 bits per heavy atom. The summed E-state index contributed by atoms with van der Waals surface area (Å²) >= 11 is 6.26. The van der Waals surface area contributed by atoms with E-state index in [1.54, 1.807) is 49.4 Å². The molecule has 1 unspecified atom stereocenters. The van der Waals surface area contributed by atoms with Crippen molar-refractivity contribution in [3.8, 4) is 0 Å². The third-order valence-electron chi connectivity index (χ3n) is 4.83. The van der Waals surface area contributed by atoms with Crippen molar-refractivity contribution in [3.05, 3.63) is 74.8 Å². The highest BCUT2D eigenvalue weighted by molar-refractivity contribution is 6.31. The van der Waals surface area contributed by atoms with Crippen LogP contribution in [0.15, 0.2) is 48.5 Å². The Morgan fingerprint density at radius 3 is 2.40 bits per heavy atom. The van der Waals surface area contributed by atoms with Crippen molar-refractivity contribution < 1.29 is 14.5 Å². The summed E-state index contributed by atoms with van der Waals surface area (Å²) in [5.74, 6) is -0.659. The highest BCUT2D eigenvalue weighted by Gasteiger charge is 2.28. The molecule has 0 aliphatic carbocycles. The molecule has 2 aromatic carbocycles. The topological polar surface area (TPSA) is 92.6 Å². The monoisotopic (exact) mass is 431 g/mol. The van der Waals surface area contributed by atoms with Crippen molar-refractivity contribution in [2.75, 3.05) is 6.54 Å². The molecule has 30 heavy (non-hydrogen) atoms. The lowest BCUT2D eigenvalue weighted by atomic mass is 10.1. The van der Waals surface area contributed by atoms with Crippen LogP contribution in [0.1, 0.15) is 37.8 Å². The third kappa shape index (κ3) is 6.29. The molecule has 0 bridgehead atoms. The fraction of sp³-hybridized carbons (Fsp3) is 0.364. The van der Waals surface area contributed by atoms with Gasteiger partial charge in [-0.3, -0.25) is 19.7 Å². The van der Waals surface area contributed by atoms with Crippen LogP contribution >= 0.6 is 11.6 Å². The zero-order valence-corrected chi connectivity index (χ0v) is 17.9. The van der Waals surface area contributed by atoms with Crippen molar-refractivity contribution in [2.24, 2.45) is 0 Å². The van der Waals surface area contributed by atoms with Gasteiger partial charge in [0.1, 0.15) is 6.04 Å². The highest BCUT2D eigenvalue weighted by Crippen LogP contribution is 2.22. The van der Waals surface area contributed by atoms with Gasteiger partial charge in [0.05, 0.1) is 11.3 Å². The van der Waals surface area contributed by atoms with Gasteiger partial charge >= 0.3 is 0 Å². The summed E-state index contributed by atoms with van der Waals surface area (Å²) < 4.78 is 0. The van der Waals surface area contributed by atoms with E-state index >= 15 is 0 Å². The molecule has 2 rings (SSSR count). The predicted octanol–water partition coefficient (Wildman–Crippen LogP) is 4.12. The third-order valence-corrected chi connectivity index (χ3v) is 5.19. The van der Waals surface area contributed by atoms with Crippen LogP contribution in [-0.2, 0) is 22.6 Å². The van der Waals surface area contributed by atoms with Gasteiger partial charge in [-0.1, -0.05) is 61.3 Å². The Kier molecular flexibility index (Phi) is 8.80. The summed E-state index contributed by atoms with van der Waals surface area (Å²) in [6.07, 6.45) is 1.59. The van der Waals surface area contributed by atoms with Gasteiger partial charge in [0, 0.05) is 29.7 Å². The quantitative estimate of drug-likeness (QED) is 0.348. The molecule has 0 aliphatic rings. The van der Waals surface area contributed by atoms with Gasteiger partial charge in [-0.15, -0.1) is 0 Å². The van der Waals surface area contributed by atoms with Crippen LogP contribution in [0, 0.1) is 10.1 Å². The first-order valence-corrected chi connectivity index (χ1v) is 10.3. The molecule has 0 aliphatic heterocycles. The van der Waals surface area contributed by atoms with Gasteiger partial charge in [0.2, 0.25) is 11.8 Å². The van der Waals surface area contributed by atoms with Gasteiger partial charge in [-0.25, -0.2) is 0 Å². The molecular weight excluding hydrogens is 406 g/mol. The molecule has 0 radical (unpaired) electrons. The van der Waals surface area contributed by atoms with Gasteiger partial charge in [0.25, 0.3) is 5.69 Å². The summed E-state index contributed by atoms with van der Waals surface area (Å²) in [5.41, 5.74) is 0.877. The Hall–Kier alpha value is -2.93. The maximum absolute atomic E-state index is 13.2. The van der Waals surface area contributed by atoms with Crippen molar-refractivity contribution in [1.29, 1.82) is 0 Å². The summed E-state index contributed by atoms with van der Waals surface area (Å²) in [5, 5.41) is 14.6. The molecule has 0 saturated carbocycles. The Balaban J connectivity index is 2.28. The van der Waals surface area contributed by atoms with Crippen LogP contribution < -0.4 is 5.32 Å². The van der Waals surface area contributed by atoms with Crippen LogP contribution in [-0.4, -0.2) is 34.2 Å². The molecule has 0 aromatic heterocycles. The first kappa shape index (κ1) is 23.3. The fourth-order valence-electron chi connectivity index (χ4n) is 3.03. The van der Waals surface area contributed by atoms with Gasteiger partial charge in [0.15, 0.2) is 0 Å². The highest BCUT2D eigenvalue weighted by atomic mass is 35.5. The number of nitro benzene ring substituents is 1. The number of hydrogen-bond acceptors (Lipinski definition) is 4. The lowest BCUT2D eigenvalue weighted by Gasteiger charge is -2.29. The molecular formula is C22H26ClN3O4. The number of hydrogen-bond donors (Lipinski definition) is 1. The molecule has 160 valence electrons. The summed E-state index contributed by atoms with van der Waals surface area (Å²) in [7, 11) is 0. The van der Waals surface area contributed by atoms with Crippen LogP contribution in [0.4, 0.5) is 5.69 Å². The minimum Gasteiger partial charge on any atom is -0.354 e. The lowest BCUT2D eigenvalue weighted by molar-refractivity contribution is -0.385. The van der Waals surface area contributed by atoms with Gasteiger partial charge < -0.3 is 10.2 Å². The number of nitrogens with one attached hydrogen (secondary N) is 1. The number of nitro groups is 1. The van der Waals surface area contributed by atoms with E-state index in [1.165, 1.54) is 11.0 Å². The number of nitrogens with zero attached hydrogens (tertiary/aromatic N) is 2. The molecule has 0 saturated heterocycles. The van der Waals surface area contributed by atoms with E-state index in [1.807, 2.05) is 6.92 Å². The van der Waals surface area contributed by atoms with Gasteiger partial charge in [-0.2, -0.15) is 0 Å². The standard InChI is InChI=1S/C22H26ClN3O4/c1-3-4-13-24-22(28)16(2)25(15-18-10-5-7-11-19(18)23)21(27)14-17-9-6-8-12-20(17)26(29)30/h5-12,16H,3-4,13-15H2,1-2H3,(H,24,28). The molecule has 2 amide bonds. The number of carbonyl (C=O) groups is 2. The maximum Gasteiger partial charge on any atom is 0.273 e. The van der Waals surface area contributed by atoms with E-state index in [9.17, 15) is 19.7 Å². The predicted molar refractivity (Wildman–Crippen MR) is 116 cm³/mol. The second kappa shape index (κ2) is 11.3. The second-order valence-electron chi connectivity index (χ2n) is 7.00. The first-order chi connectivity index (χ1) is 14.3. The Bertz CT molecular complexity index is 903. The number of halogens is 1. The summed E-state index contributed by atoms with van der Waals surface area (Å²) in [4.78, 5) is 38.0. The second-order valence-corrected chi connectivity index (χ2v) is 7.40. The number of amides is 2. The SMILES string of the molecule is CCCCNC(=O)C(C)N(Cc1ccccc1Cl)C(=O)Cc1ccccc1[N+](=O)[O-]. The number of unbranched alkanes of at least 4 members (excludes halogenated alkanes) is 1. The van der Waals surface area contributed by atoms with E-state index in [-0.39, 0.29) is 30.5 Å². The summed E-state index contributed by atoms with van der Waals surface area (Å²) in [6, 6.07) is 12.4. The smallest absolute Gasteiger partial charge is 0.273 e. The first-order valence-electron chi connectivity index (χ1n) is 9.88. The molecule has 8 heteroatoms. The molecule has 2 aromatic rings. The van der Waals surface area contributed by atoms with E-state index in [2.05, 4.69) is 5.32 Å². The zero-order valence-electron chi connectivity index (χ0n) is 17.1. The van der Waals surface area contributed by atoms with Crippen LogP contribution in [0.25, 0.3) is 0 Å². The molecule has 0 fully saturated rings. The zero-order chi connectivity index (χ0) is 22.1. The van der Waals surface area contributed by atoms with Crippen molar-refractivity contribution in [2.45, 2.75) is 45.7 Å². The number of rotatable bonds is 10. The molecule has 0 spiro atoms. The average molecular weight is 432 g/mol. The molecule has 0 heterocycles. The number of benzene rings is 2. The minimum absolute atomic E-state index is 0.122. The largest absolute Gasteiger partial charge is 0.354 e. The minimum atomic E-state index is -0.756. The van der Waals surface area contributed by atoms with Crippen LogP contribution in [0.2, 0.25) is 5.02 Å². The molecule has 1 atom stereocenters. The van der Waals surface area contributed by atoms with E-state index in [0.29, 0.717) is 22.7 Å². The number of carbonyl (C=O) groups excluding carboxylic acids is 2. The van der Waals surface area contributed by atoms with Crippen molar-refractivity contribution >= 4 is 29.1 Å². The van der Waals surface area contributed by atoms with Crippen LogP contribution in [0.3, 0.4) is 0 Å². The Labute approximate surface area is 181 Å². The molecule has 7 nitrogen and oxygen atoms in total. The average Bonchev–Trinajstić information content (AvgIpc) is 2.73. The lowest BCUT2D eigenvalue weighted by Crippen LogP contribution is -2.48. The van der Waals surface area contributed by atoms with Crippen molar-refractivity contribution in [3.63, 3.8) is 0 Å². The fourth-order valence-corrected chi connectivity index (χ4v) is 3.23. The number of para-hydroxylation sites is 1. The summed E-state index contributed by atoms with van der Waals surface area (Å²) in [6.45, 7) is 4.32. The van der Waals surface area contributed by atoms with Crippen LogP contribution in [0.5, 0.6) is 0 Å².